The molecule has 0 heterocycles. The van der Waals surface area contributed by atoms with Gasteiger partial charge in [-0.15, -0.1) is 0 Å². The summed E-state index contributed by atoms with van der Waals surface area (Å²) in [6.45, 7) is 4.20. The third kappa shape index (κ3) is 3.70. The number of likely N-dealkylation sites (N-methyl/N-ethyl adjacent to an activating group) is 1. The average Bonchev–Trinajstić information content (AvgIpc) is 2.36. The molecule has 0 saturated carbocycles. The van der Waals surface area contributed by atoms with Gasteiger partial charge in [-0.2, -0.15) is 0 Å². The van der Waals surface area contributed by atoms with Crippen molar-refractivity contribution in [3.05, 3.63) is 35.1 Å². The number of hydrogen-bond acceptors (Lipinski definition) is 2. The van der Waals surface area contributed by atoms with E-state index in [1.165, 1.54) is 0 Å². The molecule has 0 amide bonds. The highest BCUT2D eigenvalue weighted by Crippen LogP contribution is 2.26. The summed E-state index contributed by atoms with van der Waals surface area (Å²) in [7, 11) is 1.82. The Balaban J connectivity index is 3.06. The topological polar surface area (TPSA) is 29.3 Å². The summed E-state index contributed by atoms with van der Waals surface area (Å²) in [5.41, 5.74) is 5.78. The molecule has 0 saturated heterocycles. The smallest absolute Gasteiger partial charge is 0.161 e. The van der Waals surface area contributed by atoms with E-state index in [0.717, 1.165) is 18.9 Å². The number of nitrogens with zero attached hydrogens (tertiary/aromatic N) is 1. The summed E-state index contributed by atoms with van der Waals surface area (Å²) >= 11 is 0. The van der Waals surface area contributed by atoms with Crippen LogP contribution in [0.3, 0.4) is 0 Å². The van der Waals surface area contributed by atoms with E-state index in [1.807, 2.05) is 18.9 Å². The van der Waals surface area contributed by atoms with Gasteiger partial charge in [-0.3, -0.25) is 4.90 Å². The minimum absolute atomic E-state index is 0.104. The zero-order chi connectivity index (χ0) is 14.6. The molecule has 2 atom stereocenters. The van der Waals surface area contributed by atoms with Crippen molar-refractivity contribution in [3.8, 4) is 0 Å². The molecule has 108 valence electrons. The zero-order valence-electron chi connectivity index (χ0n) is 11.6. The number of nitrogens with two attached hydrogens (primary N) is 1. The van der Waals surface area contributed by atoms with Crippen LogP contribution in [0.5, 0.6) is 0 Å². The van der Waals surface area contributed by atoms with Crippen LogP contribution >= 0.6 is 0 Å². The lowest BCUT2D eigenvalue weighted by Crippen LogP contribution is -2.37. The quantitative estimate of drug-likeness (QED) is 0.807. The van der Waals surface area contributed by atoms with E-state index in [-0.39, 0.29) is 18.2 Å². The van der Waals surface area contributed by atoms with Crippen LogP contribution in [-0.2, 0) is 0 Å². The number of halogens is 3. The summed E-state index contributed by atoms with van der Waals surface area (Å²) in [6.07, 6.45) is 1.92. The molecule has 1 aromatic carbocycles. The maximum absolute atomic E-state index is 13.8. The van der Waals surface area contributed by atoms with Gasteiger partial charge in [-0.25, -0.2) is 13.2 Å². The summed E-state index contributed by atoms with van der Waals surface area (Å²) in [5, 5.41) is 0. The van der Waals surface area contributed by atoms with Crippen molar-refractivity contribution in [1.29, 1.82) is 0 Å². The molecule has 0 radical (unpaired) electrons. The Kier molecular flexibility index (Phi) is 5.82. The first-order chi connectivity index (χ1) is 8.92. The molecule has 19 heavy (non-hydrogen) atoms. The summed E-state index contributed by atoms with van der Waals surface area (Å²) in [5.74, 6) is -2.99. The molecular weight excluding hydrogens is 253 g/mol. The van der Waals surface area contributed by atoms with Gasteiger partial charge in [0.2, 0.25) is 0 Å². The second-order valence-corrected chi connectivity index (χ2v) is 4.84. The molecular formula is C14H21F3N2. The van der Waals surface area contributed by atoms with E-state index < -0.39 is 23.5 Å². The van der Waals surface area contributed by atoms with Gasteiger partial charge in [0.15, 0.2) is 11.6 Å². The standard InChI is InChI=1S/C14H21F3N2/c1-4-5-9(2)19(3)14(8-18)10-6-12(16)13(17)7-11(10)15/h6-7,9,14H,4-5,8,18H2,1-3H3. The fraction of sp³-hybridized carbons (Fsp3) is 0.571. The van der Waals surface area contributed by atoms with Crippen molar-refractivity contribution in [2.45, 2.75) is 38.8 Å². The third-order valence-corrected chi connectivity index (χ3v) is 3.52. The molecule has 0 bridgehead atoms. The Morgan fingerprint density at radius 1 is 1.16 bits per heavy atom. The van der Waals surface area contributed by atoms with Crippen molar-refractivity contribution in [2.75, 3.05) is 13.6 Å². The zero-order valence-corrected chi connectivity index (χ0v) is 11.6. The molecule has 0 spiro atoms. The van der Waals surface area contributed by atoms with Crippen LogP contribution in [0.4, 0.5) is 13.2 Å². The number of hydrogen-bond donors (Lipinski definition) is 1. The Morgan fingerprint density at radius 3 is 2.26 bits per heavy atom. The van der Waals surface area contributed by atoms with Crippen LogP contribution in [0.2, 0.25) is 0 Å². The number of rotatable bonds is 6. The monoisotopic (exact) mass is 274 g/mol. The fourth-order valence-electron chi connectivity index (χ4n) is 2.23. The molecule has 1 aromatic rings. The van der Waals surface area contributed by atoms with Crippen LogP contribution in [0.15, 0.2) is 12.1 Å². The van der Waals surface area contributed by atoms with Crippen LogP contribution in [0, 0.1) is 17.5 Å². The van der Waals surface area contributed by atoms with E-state index in [1.54, 1.807) is 0 Å². The molecule has 0 fully saturated rings. The lowest BCUT2D eigenvalue weighted by atomic mass is 10.0. The minimum Gasteiger partial charge on any atom is -0.329 e. The van der Waals surface area contributed by atoms with Crippen LogP contribution in [-0.4, -0.2) is 24.5 Å². The lowest BCUT2D eigenvalue weighted by Gasteiger charge is -2.33. The Hall–Kier alpha value is -1.07. The molecule has 0 aliphatic carbocycles. The molecule has 1 rings (SSSR count). The van der Waals surface area contributed by atoms with Gasteiger partial charge in [0.25, 0.3) is 0 Å². The van der Waals surface area contributed by atoms with Gasteiger partial charge in [0.1, 0.15) is 5.82 Å². The van der Waals surface area contributed by atoms with E-state index in [4.69, 9.17) is 5.73 Å². The molecule has 0 aliphatic heterocycles. The van der Waals surface area contributed by atoms with E-state index in [9.17, 15) is 13.2 Å². The first-order valence-corrected chi connectivity index (χ1v) is 6.48. The van der Waals surface area contributed by atoms with Crippen LogP contribution in [0.25, 0.3) is 0 Å². The second-order valence-electron chi connectivity index (χ2n) is 4.84. The molecule has 2 N–H and O–H groups in total. The van der Waals surface area contributed by atoms with Gasteiger partial charge < -0.3 is 5.73 Å². The van der Waals surface area contributed by atoms with Crippen molar-refractivity contribution < 1.29 is 13.2 Å². The van der Waals surface area contributed by atoms with Gasteiger partial charge in [0, 0.05) is 30.3 Å². The third-order valence-electron chi connectivity index (χ3n) is 3.52. The highest BCUT2D eigenvalue weighted by Gasteiger charge is 2.24. The Bertz CT molecular complexity index is 423. The average molecular weight is 274 g/mol. The number of benzene rings is 1. The maximum atomic E-state index is 13.8. The van der Waals surface area contributed by atoms with E-state index >= 15 is 0 Å². The summed E-state index contributed by atoms with van der Waals surface area (Å²) < 4.78 is 40.0. The van der Waals surface area contributed by atoms with Gasteiger partial charge in [-0.1, -0.05) is 13.3 Å². The SMILES string of the molecule is CCCC(C)N(C)C(CN)c1cc(F)c(F)cc1F. The first-order valence-electron chi connectivity index (χ1n) is 6.48. The van der Waals surface area contributed by atoms with Crippen molar-refractivity contribution in [1.82, 2.24) is 4.90 Å². The molecule has 2 nitrogen and oxygen atoms in total. The minimum atomic E-state index is -1.18. The largest absolute Gasteiger partial charge is 0.329 e. The van der Waals surface area contributed by atoms with E-state index in [2.05, 4.69) is 6.92 Å². The van der Waals surface area contributed by atoms with Crippen molar-refractivity contribution in [2.24, 2.45) is 5.73 Å². The predicted octanol–water partition coefficient (Wildman–Crippen LogP) is 3.22. The molecule has 0 aliphatic rings. The lowest BCUT2D eigenvalue weighted by molar-refractivity contribution is 0.176. The molecule has 5 heteroatoms. The molecule has 2 unspecified atom stereocenters. The van der Waals surface area contributed by atoms with Crippen molar-refractivity contribution in [3.63, 3.8) is 0 Å². The van der Waals surface area contributed by atoms with Crippen molar-refractivity contribution >= 4 is 0 Å². The molecule has 0 aromatic heterocycles. The fourth-order valence-corrected chi connectivity index (χ4v) is 2.23. The first kappa shape index (κ1) is 16.0. The maximum Gasteiger partial charge on any atom is 0.161 e. The summed E-state index contributed by atoms with van der Waals surface area (Å²) in [6, 6.07) is 1.20. The van der Waals surface area contributed by atoms with Crippen LogP contribution < -0.4 is 5.73 Å². The second kappa shape index (κ2) is 6.91. The Morgan fingerprint density at radius 2 is 1.74 bits per heavy atom. The highest BCUT2D eigenvalue weighted by atomic mass is 19.2. The van der Waals surface area contributed by atoms with E-state index in [0.29, 0.717) is 6.07 Å². The Labute approximate surface area is 112 Å². The van der Waals surface area contributed by atoms with Gasteiger partial charge in [-0.05, 0) is 26.5 Å². The van der Waals surface area contributed by atoms with Gasteiger partial charge in [0.05, 0.1) is 0 Å². The van der Waals surface area contributed by atoms with Crippen LogP contribution in [0.1, 0.15) is 38.3 Å². The highest BCUT2D eigenvalue weighted by molar-refractivity contribution is 5.24. The van der Waals surface area contributed by atoms with Gasteiger partial charge >= 0.3 is 0 Å². The normalized spacial score (nSPS) is 14.7. The predicted molar refractivity (Wildman–Crippen MR) is 70.2 cm³/mol. The summed E-state index contributed by atoms with van der Waals surface area (Å²) in [4.78, 5) is 1.90.